The second kappa shape index (κ2) is 4.86. The molecular weight excluding hydrogens is 202 g/mol. The molecule has 0 aliphatic rings. The molecule has 1 aromatic carbocycles. The molecule has 1 atom stereocenters. The van der Waals surface area contributed by atoms with Crippen molar-refractivity contribution < 1.29 is 9.90 Å². The van der Waals surface area contributed by atoms with Crippen LogP contribution in [0.3, 0.4) is 0 Å². The SMILES string of the molecule is CC(CNc1ccc(Cl)cc1)C(=O)O. The van der Waals surface area contributed by atoms with E-state index in [0.29, 0.717) is 11.6 Å². The Labute approximate surface area is 87.7 Å². The van der Waals surface area contributed by atoms with E-state index in [-0.39, 0.29) is 0 Å². The maximum atomic E-state index is 10.5. The van der Waals surface area contributed by atoms with Crippen molar-refractivity contribution in [2.24, 2.45) is 5.92 Å². The average molecular weight is 214 g/mol. The Hall–Kier alpha value is -1.22. The van der Waals surface area contributed by atoms with Gasteiger partial charge in [-0.2, -0.15) is 0 Å². The number of carbonyl (C=O) groups is 1. The zero-order valence-electron chi connectivity index (χ0n) is 7.83. The van der Waals surface area contributed by atoms with Gasteiger partial charge in [-0.15, -0.1) is 0 Å². The molecule has 2 N–H and O–H groups in total. The van der Waals surface area contributed by atoms with E-state index in [1.54, 1.807) is 19.1 Å². The molecule has 0 heterocycles. The van der Waals surface area contributed by atoms with Crippen LogP contribution in [0.25, 0.3) is 0 Å². The normalized spacial score (nSPS) is 12.1. The van der Waals surface area contributed by atoms with Gasteiger partial charge in [0.1, 0.15) is 0 Å². The van der Waals surface area contributed by atoms with E-state index in [9.17, 15) is 4.79 Å². The molecule has 76 valence electrons. The number of anilines is 1. The van der Waals surface area contributed by atoms with Gasteiger partial charge in [-0.3, -0.25) is 4.79 Å². The van der Waals surface area contributed by atoms with Crippen molar-refractivity contribution in [2.75, 3.05) is 11.9 Å². The second-order valence-electron chi connectivity index (χ2n) is 3.13. The number of carboxylic acids is 1. The lowest BCUT2D eigenvalue weighted by Crippen LogP contribution is -2.19. The van der Waals surface area contributed by atoms with Crippen LogP contribution < -0.4 is 5.32 Å². The Kier molecular flexibility index (Phi) is 3.77. The number of hydrogen-bond donors (Lipinski definition) is 2. The monoisotopic (exact) mass is 213 g/mol. The van der Waals surface area contributed by atoms with Crippen LogP contribution in [0.2, 0.25) is 5.02 Å². The third-order valence-electron chi connectivity index (χ3n) is 1.88. The molecule has 1 rings (SSSR count). The molecule has 0 spiro atoms. The van der Waals surface area contributed by atoms with Gasteiger partial charge in [-0.25, -0.2) is 0 Å². The van der Waals surface area contributed by atoms with Gasteiger partial charge in [0.2, 0.25) is 0 Å². The fourth-order valence-corrected chi connectivity index (χ4v) is 1.05. The highest BCUT2D eigenvalue weighted by Crippen LogP contribution is 2.13. The molecule has 14 heavy (non-hydrogen) atoms. The minimum Gasteiger partial charge on any atom is -0.481 e. The highest BCUT2D eigenvalue weighted by Gasteiger charge is 2.09. The van der Waals surface area contributed by atoms with E-state index in [2.05, 4.69) is 5.32 Å². The Morgan fingerprint density at radius 2 is 2.07 bits per heavy atom. The van der Waals surface area contributed by atoms with Crippen LogP contribution in [0.1, 0.15) is 6.92 Å². The lowest BCUT2D eigenvalue weighted by atomic mass is 10.2. The lowest BCUT2D eigenvalue weighted by molar-refractivity contribution is -0.140. The molecule has 0 aromatic heterocycles. The maximum absolute atomic E-state index is 10.5. The minimum absolute atomic E-state index is 0.398. The zero-order chi connectivity index (χ0) is 10.6. The number of hydrogen-bond acceptors (Lipinski definition) is 2. The molecule has 0 saturated heterocycles. The maximum Gasteiger partial charge on any atom is 0.308 e. The molecule has 0 bridgehead atoms. The molecule has 0 aliphatic heterocycles. The molecule has 4 heteroatoms. The highest BCUT2D eigenvalue weighted by molar-refractivity contribution is 6.30. The van der Waals surface area contributed by atoms with Crippen molar-refractivity contribution in [3.8, 4) is 0 Å². The van der Waals surface area contributed by atoms with Gasteiger partial charge in [0.15, 0.2) is 0 Å². The summed E-state index contributed by atoms with van der Waals surface area (Å²) in [5, 5.41) is 12.3. The fourth-order valence-electron chi connectivity index (χ4n) is 0.926. The molecule has 0 radical (unpaired) electrons. The van der Waals surface area contributed by atoms with E-state index in [1.165, 1.54) is 0 Å². The number of carboxylic acid groups (broad SMARTS) is 1. The quantitative estimate of drug-likeness (QED) is 0.808. The van der Waals surface area contributed by atoms with E-state index < -0.39 is 11.9 Å². The first-order valence-electron chi connectivity index (χ1n) is 4.32. The van der Waals surface area contributed by atoms with Gasteiger partial charge in [-0.05, 0) is 24.3 Å². The van der Waals surface area contributed by atoms with Gasteiger partial charge in [0.05, 0.1) is 5.92 Å². The molecule has 0 aliphatic carbocycles. The van der Waals surface area contributed by atoms with Gasteiger partial charge in [-0.1, -0.05) is 18.5 Å². The van der Waals surface area contributed by atoms with Crippen LogP contribution in [0.4, 0.5) is 5.69 Å². The molecule has 0 saturated carbocycles. The summed E-state index contributed by atoms with van der Waals surface area (Å²) >= 11 is 5.70. The van der Waals surface area contributed by atoms with Crippen molar-refractivity contribution in [2.45, 2.75) is 6.92 Å². The van der Waals surface area contributed by atoms with Crippen LogP contribution in [0.5, 0.6) is 0 Å². The van der Waals surface area contributed by atoms with Gasteiger partial charge in [0, 0.05) is 17.3 Å². The Bertz CT molecular complexity index is 310. The van der Waals surface area contributed by atoms with Crippen molar-refractivity contribution in [3.05, 3.63) is 29.3 Å². The summed E-state index contributed by atoms with van der Waals surface area (Å²) in [4.78, 5) is 10.5. The van der Waals surface area contributed by atoms with E-state index in [0.717, 1.165) is 5.69 Å². The van der Waals surface area contributed by atoms with Gasteiger partial charge < -0.3 is 10.4 Å². The molecule has 3 nitrogen and oxygen atoms in total. The molecule has 1 unspecified atom stereocenters. The topological polar surface area (TPSA) is 49.3 Å². The van der Waals surface area contributed by atoms with Crippen molar-refractivity contribution >= 4 is 23.3 Å². The zero-order valence-corrected chi connectivity index (χ0v) is 8.58. The van der Waals surface area contributed by atoms with Gasteiger partial charge in [0.25, 0.3) is 0 Å². The Morgan fingerprint density at radius 1 is 1.50 bits per heavy atom. The first-order chi connectivity index (χ1) is 6.59. The minimum atomic E-state index is -0.800. The molecule has 0 amide bonds. The number of halogens is 1. The highest BCUT2D eigenvalue weighted by atomic mass is 35.5. The van der Waals surface area contributed by atoms with E-state index >= 15 is 0 Å². The van der Waals surface area contributed by atoms with Gasteiger partial charge >= 0.3 is 5.97 Å². The third-order valence-corrected chi connectivity index (χ3v) is 2.13. The molecular formula is C10H12ClNO2. The van der Waals surface area contributed by atoms with Crippen molar-refractivity contribution in [3.63, 3.8) is 0 Å². The summed E-state index contributed by atoms with van der Waals surface area (Å²) in [7, 11) is 0. The summed E-state index contributed by atoms with van der Waals surface area (Å²) in [5.41, 5.74) is 0.877. The summed E-state index contributed by atoms with van der Waals surface area (Å²) in [5.74, 6) is -1.20. The van der Waals surface area contributed by atoms with Crippen LogP contribution >= 0.6 is 11.6 Å². The smallest absolute Gasteiger partial charge is 0.308 e. The Balaban J connectivity index is 2.46. The number of nitrogens with one attached hydrogen (secondary N) is 1. The number of rotatable bonds is 4. The molecule has 0 fully saturated rings. The van der Waals surface area contributed by atoms with Crippen LogP contribution in [-0.4, -0.2) is 17.6 Å². The van der Waals surface area contributed by atoms with Crippen LogP contribution in [0.15, 0.2) is 24.3 Å². The summed E-state index contributed by atoms with van der Waals surface area (Å²) < 4.78 is 0. The fraction of sp³-hybridized carbons (Fsp3) is 0.300. The predicted molar refractivity (Wildman–Crippen MR) is 56.7 cm³/mol. The summed E-state index contributed by atoms with van der Waals surface area (Å²) in [6.07, 6.45) is 0. The summed E-state index contributed by atoms with van der Waals surface area (Å²) in [6.45, 7) is 2.07. The number of benzene rings is 1. The Morgan fingerprint density at radius 3 is 2.57 bits per heavy atom. The van der Waals surface area contributed by atoms with Crippen LogP contribution in [0, 0.1) is 5.92 Å². The van der Waals surface area contributed by atoms with Crippen LogP contribution in [-0.2, 0) is 4.79 Å². The largest absolute Gasteiger partial charge is 0.481 e. The standard InChI is InChI=1S/C10H12ClNO2/c1-7(10(13)14)6-12-9-4-2-8(11)3-5-9/h2-5,7,12H,6H2,1H3,(H,13,14). The first kappa shape index (κ1) is 10.9. The first-order valence-corrected chi connectivity index (χ1v) is 4.69. The van der Waals surface area contributed by atoms with E-state index in [4.69, 9.17) is 16.7 Å². The molecule has 1 aromatic rings. The lowest BCUT2D eigenvalue weighted by Gasteiger charge is -2.09. The number of aliphatic carboxylic acids is 1. The summed E-state index contributed by atoms with van der Waals surface area (Å²) in [6, 6.07) is 7.15. The predicted octanol–water partition coefficient (Wildman–Crippen LogP) is 2.47. The second-order valence-corrected chi connectivity index (χ2v) is 3.56. The average Bonchev–Trinajstić information content (AvgIpc) is 2.16. The van der Waals surface area contributed by atoms with E-state index in [1.807, 2.05) is 12.1 Å². The third kappa shape index (κ3) is 3.26. The van der Waals surface area contributed by atoms with Crippen molar-refractivity contribution in [1.82, 2.24) is 0 Å². The van der Waals surface area contributed by atoms with Crippen molar-refractivity contribution in [1.29, 1.82) is 0 Å².